The quantitative estimate of drug-likeness (QED) is 0.330. The Kier molecular flexibility index (Phi) is 8.29. The Morgan fingerprint density at radius 2 is 1.86 bits per heavy atom. The number of nitrogens with zero attached hydrogens (tertiary/aromatic N) is 3. The largest absolute Gasteiger partial charge is 0.385 e. The molecule has 8 heteroatoms. The van der Waals surface area contributed by atoms with Crippen LogP contribution in [0.1, 0.15) is 22.2 Å². The molecule has 0 atom stereocenters. The average Bonchev–Trinajstić information content (AvgIpc) is 3.11. The predicted molar refractivity (Wildman–Crippen MR) is 123 cm³/mol. The normalized spacial score (nSPS) is 10.4. The first-order valence-corrected chi connectivity index (χ1v) is 9.86. The van der Waals surface area contributed by atoms with E-state index in [2.05, 4.69) is 27.5 Å². The predicted octanol–water partition coefficient (Wildman–Crippen LogP) is 4.06. The number of carbonyl (C=O) groups excluding carboxylic acids is 2. The van der Waals surface area contributed by atoms with Crippen LogP contribution in [0.25, 0.3) is 10.2 Å². The minimum absolute atomic E-state index is 0.420. The molecule has 2 aromatic heterocycles. The summed E-state index contributed by atoms with van der Waals surface area (Å²) in [7, 11) is 3.97. The fraction of sp³-hybridized carbons (Fsp3) is 0.238. The van der Waals surface area contributed by atoms with Gasteiger partial charge in [-0.3, -0.25) is 9.79 Å². The van der Waals surface area contributed by atoms with Crippen LogP contribution in [0.5, 0.6) is 0 Å². The second-order valence-corrected chi connectivity index (χ2v) is 7.22. The number of benzene rings is 1. The maximum Gasteiger partial charge on any atom is 0.160 e. The second-order valence-electron chi connectivity index (χ2n) is 6.19. The van der Waals surface area contributed by atoms with E-state index in [-0.39, 0.29) is 0 Å². The molecule has 0 bridgehead atoms. The van der Waals surface area contributed by atoms with Crippen molar-refractivity contribution in [1.29, 1.82) is 0 Å². The zero-order valence-corrected chi connectivity index (χ0v) is 17.6. The molecule has 0 saturated heterocycles. The van der Waals surface area contributed by atoms with Crippen LogP contribution in [0.4, 0.5) is 17.1 Å². The molecular weight excluding hydrogens is 386 g/mol. The highest BCUT2D eigenvalue weighted by Gasteiger charge is 2.16. The Bertz CT molecular complexity index is 967. The Labute approximate surface area is 174 Å². The van der Waals surface area contributed by atoms with Gasteiger partial charge < -0.3 is 20.3 Å². The highest BCUT2D eigenvalue weighted by molar-refractivity contribution is 7.20. The van der Waals surface area contributed by atoms with Gasteiger partial charge in [-0.05, 0) is 37.3 Å². The van der Waals surface area contributed by atoms with Gasteiger partial charge in [-0.2, -0.15) is 0 Å². The van der Waals surface area contributed by atoms with Crippen molar-refractivity contribution in [3.8, 4) is 0 Å². The van der Waals surface area contributed by atoms with Gasteiger partial charge in [0.25, 0.3) is 0 Å². The van der Waals surface area contributed by atoms with E-state index in [1.807, 2.05) is 56.1 Å². The van der Waals surface area contributed by atoms with Crippen LogP contribution in [-0.2, 0) is 11.3 Å². The van der Waals surface area contributed by atoms with Crippen LogP contribution in [0.15, 0.2) is 41.5 Å². The van der Waals surface area contributed by atoms with E-state index in [4.69, 9.17) is 4.79 Å². The average molecular weight is 412 g/mol. The molecule has 152 valence electrons. The summed E-state index contributed by atoms with van der Waals surface area (Å²) in [6, 6.07) is 9.99. The van der Waals surface area contributed by atoms with Crippen LogP contribution in [0.3, 0.4) is 0 Å². The molecule has 0 aliphatic heterocycles. The number of fused-ring (bicyclic) bond motifs is 1. The fourth-order valence-corrected chi connectivity index (χ4v) is 3.84. The highest BCUT2D eigenvalue weighted by Crippen LogP contribution is 2.35. The standard InChI is InChI=1S/C20H23N5OS.CH2O/c1-4-22-14-5-7-15(8-6-14)24-13-21-11-16-18(12-26)27-20-19(16)17(25(2)3)9-10-23-20;1-2/h5-10,12-13,22H,4,11H2,1-3H3,(H,21,24);1H2. The number of carbonyl (C=O) groups is 2. The van der Waals surface area contributed by atoms with E-state index < -0.39 is 0 Å². The third-order valence-corrected chi connectivity index (χ3v) is 5.19. The summed E-state index contributed by atoms with van der Waals surface area (Å²) in [6.45, 7) is 5.38. The monoisotopic (exact) mass is 411 g/mol. The molecular formula is C21H25N5O2S. The lowest BCUT2D eigenvalue weighted by Crippen LogP contribution is -2.09. The fourth-order valence-electron chi connectivity index (χ4n) is 2.85. The van der Waals surface area contributed by atoms with E-state index in [0.717, 1.165) is 45.7 Å². The lowest BCUT2D eigenvalue weighted by Gasteiger charge is -2.14. The molecule has 0 unspecified atom stereocenters. The first kappa shape index (κ1) is 22.0. The maximum absolute atomic E-state index is 11.5. The van der Waals surface area contributed by atoms with Gasteiger partial charge in [0.2, 0.25) is 0 Å². The number of aromatic nitrogens is 1. The lowest BCUT2D eigenvalue weighted by atomic mass is 10.1. The molecule has 2 heterocycles. The zero-order valence-electron chi connectivity index (χ0n) is 16.8. The highest BCUT2D eigenvalue weighted by atomic mass is 32.1. The van der Waals surface area contributed by atoms with Gasteiger partial charge in [-0.1, -0.05) is 0 Å². The third-order valence-electron chi connectivity index (χ3n) is 4.13. The van der Waals surface area contributed by atoms with Crippen molar-refractivity contribution in [2.45, 2.75) is 13.5 Å². The van der Waals surface area contributed by atoms with E-state index in [0.29, 0.717) is 11.4 Å². The molecule has 7 nitrogen and oxygen atoms in total. The van der Waals surface area contributed by atoms with Gasteiger partial charge in [0.05, 0.1) is 17.8 Å². The van der Waals surface area contributed by atoms with Crippen molar-refractivity contribution in [1.82, 2.24) is 4.98 Å². The van der Waals surface area contributed by atoms with Crippen LogP contribution in [0, 0.1) is 0 Å². The van der Waals surface area contributed by atoms with Crippen LogP contribution < -0.4 is 15.5 Å². The van der Waals surface area contributed by atoms with E-state index in [1.54, 1.807) is 12.5 Å². The summed E-state index contributed by atoms with van der Waals surface area (Å²) >= 11 is 1.41. The van der Waals surface area contributed by atoms with Gasteiger partial charge in [-0.15, -0.1) is 11.3 Å². The van der Waals surface area contributed by atoms with Crippen molar-refractivity contribution in [3.63, 3.8) is 0 Å². The van der Waals surface area contributed by atoms with Gasteiger partial charge in [-0.25, -0.2) is 4.98 Å². The van der Waals surface area contributed by atoms with E-state index in [9.17, 15) is 4.79 Å². The molecule has 0 radical (unpaired) electrons. The van der Waals surface area contributed by atoms with Crippen molar-refractivity contribution in [3.05, 3.63) is 47.0 Å². The Morgan fingerprint density at radius 1 is 1.17 bits per heavy atom. The van der Waals surface area contributed by atoms with E-state index >= 15 is 0 Å². The smallest absolute Gasteiger partial charge is 0.160 e. The van der Waals surface area contributed by atoms with Crippen molar-refractivity contribution < 1.29 is 9.59 Å². The first-order valence-electron chi connectivity index (χ1n) is 9.04. The molecule has 1 aromatic carbocycles. The molecule has 0 spiro atoms. The number of aliphatic imine (C=N–C) groups is 1. The topological polar surface area (TPSA) is 86.7 Å². The summed E-state index contributed by atoms with van der Waals surface area (Å²) < 4.78 is 0. The Hall–Kier alpha value is -3.26. The van der Waals surface area contributed by atoms with Crippen LogP contribution in [0.2, 0.25) is 0 Å². The van der Waals surface area contributed by atoms with Gasteiger partial charge in [0.15, 0.2) is 6.29 Å². The number of anilines is 3. The number of nitrogens with one attached hydrogen (secondary N) is 2. The number of thiophene rings is 1. The molecule has 0 saturated carbocycles. The maximum atomic E-state index is 11.5. The molecule has 0 aliphatic rings. The molecule has 0 fully saturated rings. The SMILES string of the molecule is C=O.CCNc1ccc(NC=NCc2c(C=O)sc3nccc(N(C)C)c23)cc1. The minimum Gasteiger partial charge on any atom is -0.385 e. The summed E-state index contributed by atoms with van der Waals surface area (Å²) in [5.74, 6) is 0. The first-order chi connectivity index (χ1) is 14.1. The number of pyridine rings is 1. The van der Waals surface area contributed by atoms with Crippen LogP contribution >= 0.6 is 11.3 Å². The lowest BCUT2D eigenvalue weighted by molar-refractivity contribution is -0.0980. The number of aldehydes is 1. The zero-order chi connectivity index (χ0) is 21.2. The van der Waals surface area contributed by atoms with Gasteiger partial charge in [0.1, 0.15) is 11.6 Å². The van der Waals surface area contributed by atoms with Crippen LogP contribution in [-0.4, -0.2) is 45.0 Å². The molecule has 29 heavy (non-hydrogen) atoms. The summed E-state index contributed by atoms with van der Waals surface area (Å²) in [5, 5.41) is 7.43. The Morgan fingerprint density at radius 3 is 2.48 bits per heavy atom. The third kappa shape index (κ3) is 5.39. The number of hydrogen-bond acceptors (Lipinski definition) is 7. The van der Waals surface area contributed by atoms with Crippen molar-refractivity contribution in [2.75, 3.05) is 36.2 Å². The summed E-state index contributed by atoms with van der Waals surface area (Å²) in [4.78, 5) is 32.0. The molecule has 3 aromatic rings. The number of rotatable bonds is 8. The minimum atomic E-state index is 0.420. The Balaban J connectivity index is 0.00000145. The van der Waals surface area contributed by atoms with Gasteiger partial charge >= 0.3 is 0 Å². The molecule has 2 N–H and O–H groups in total. The van der Waals surface area contributed by atoms with E-state index in [1.165, 1.54) is 11.3 Å². The summed E-state index contributed by atoms with van der Waals surface area (Å²) in [5.41, 5.74) is 4.01. The molecule has 3 rings (SSSR count). The molecule has 0 amide bonds. The molecule has 0 aliphatic carbocycles. The second kappa shape index (κ2) is 10.9. The van der Waals surface area contributed by atoms with Crippen molar-refractivity contribution in [2.24, 2.45) is 4.99 Å². The van der Waals surface area contributed by atoms with Crippen molar-refractivity contribution >= 4 is 58.0 Å². The number of hydrogen-bond donors (Lipinski definition) is 2. The summed E-state index contributed by atoms with van der Waals surface area (Å²) in [6.07, 6.45) is 4.34. The van der Waals surface area contributed by atoms with Gasteiger partial charge in [0, 0.05) is 54.8 Å².